The van der Waals surface area contributed by atoms with Gasteiger partial charge in [0.15, 0.2) is 0 Å². The van der Waals surface area contributed by atoms with E-state index in [4.69, 9.17) is 0 Å². The molecule has 1 aromatic carbocycles. The van der Waals surface area contributed by atoms with Crippen molar-refractivity contribution in [2.75, 3.05) is 31.6 Å². The highest BCUT2D eigenvalue weighted by Crippen LogP contribution is 2.32. The molecule has 0 spiro atoms. The molecule has 1 aromatic rings. The minimum atomic E-state index is 0.327. The number of benzene rings is 1. The van der Waals surface area contributed by atoms with Crippen LogP contribution in [0.1, 0.15) is 31.4 Å². The van der Waals surface area contributed by atoms with Gasteiger partial charge in [0.05, 0.1) is 0 Å². The Bertz CT molecular complexity index is 417. The van der Waals surface area contributed by atoms with Gasteiger partial charge >= 0.3 is 0 Å². The lowest BCUT2D eigenvalue weighted by Gasteiger charge is -2.35. The Kier molecular flexibility index (Phi) is 5.25. The molecule has 0 aromatic heterocycles. The minimum Gasteiger partial charge on any atom is -0.396 e. The second-order valence-corrected chi connectivity index (χ2v) is 6.24. The Morgan fingerprint density at radius 1 is 1.42 bits per heavy atom. The summed E-state index contributed by atoms with van der Waals surface area (Å²) in [5.41, 5.74) is 2.65. The first-order valence-corrected chi connectivity index (χ1v) is 7.77. The van der Waals surface area contributed by atoms with Crippen LogP contribution in [0.5, 0.6) is 0 Å². The van der Waals surface area contributed by atoms with Crippen molar-refractivity contribution in [2.45, 2.75) is 25.8 Å². The van der Waals surface area contributed by atoms with Crippen LogP contribution >= 0.6 is 15.9 Å². The minimum absolute atomic E-state index is 0.327. The van der Waals surface area contributed by atoms with E-state index in [-0.39, 0.29) is 0 Å². The van der Waals surface area contributed by atoms with Gasteiger partial charge in [0.2, 0.25) is 0 Å². The number of hydrogen-bond acceptors (Lipinski definition) is 3. The molecule has 0 saturated carbocycles. The Morgan fingerprint density at radius 2 is 2.11 bits per heavy atom. The summed E-state index contributed by atoms with van der Waals surface area (Å²) in [7, 11) is 1.99. The fourth-order valence-corrected chi connectivity index (χ4v) is 3.05. The van der Waals surface area contributed by atoms with Crippen molar-refractivity contribution in [1.29, 1.82) is 0 Å². The number of aliphatic hydroxyl groups is 1. The van der Waals surface area contributed by atoms with Gasteiger partial charge in [-0.1, -0.05) is 15.9 Å². The third-order valence-electron chi connectivity index (χ3n) is 4.10. The number of hydrogen-bond donors (Lipinski definition) is 2. The van der Waals surface area contributed by atoms with Crippen molar-refractivity contribution in [3.8, 4) is 0 Å². The first kappa shape index (κ1) is 14.8. The SMILES string of the molecule is CNC(C)c1cc(Br)ccc1N1CCC(CO)CC1. The molecule has 1 unspecified atom stereocenters. The van der Waals surface area contributed by atoms with Crippen LogP contribution in [0.15, 0.2) is 22.7 Å². The van der Waals surface area contributed by atoms with Crippen LogP contribution < -0.4 is 10.2 Å². The zero-order valence-electron chi connectivity index (χ0n) is 11.7. The lowest BCUT2D eigenvalue weighted by atomic mass is 9.96. The van der Waals surface area contributed by atoms with Crippen molar-refractivity contribution < 1.29 is 5.11 Å². The van der Waals surface area contributed by atoms with Crippen molar-refractivity contribution in [2.24, 2.45) is 5.92 Å². The van der Waals surface area contributed by atoms with Gasteiger partial charge in [0, 0.05) is 35.9 Å². The van der Waals surface area contributed by atoms with Gasteiger partial charge in [-0.25, -0.2) is 0 Å². The van der Waals surface area contributed by atoms with Gasteiger partial charge in [-0.05, 0) is 56.5 Å². The van der Waals surface area contributed by atoms with Crippen LogP contribution in [0.4, 0.5) is 5.69 Å². The van der Waals surface area contributed by atoms with Crippen molar-refractivity contribution in [1.82, 2.24) is 5.32 Å². The zero-order valence-corrected chi connectivity index (χ0v) is 13.3. The molecule has 2 rings (SSSR count). The third-order valence-corrected chi connectivity index (χ3v) is 4.60. The van der Waals surface area contributed by atoms with Gasteiger partial charge in [-0.15, -0.1) is 0 Å². The van der Waals surface area contributed by atoms with E-state index >= 15 is 0 Å². The van der Waals surface area contributed by atoms with Gasteiger partial charge in [0.1, 0.15) is 0 Å². The standard InChI is InChI=1S/C15H23BrN2O/c1-11(17-2)14-9-13(16)3-4-15(14)18-7-5-12(10-19)6-8-18/h3-4,9,11-12,17,19H,5-8,10H2,1-2H3. The van der Waals surface area contributed by atoms with Crippen LogP contribution in [0.3, 0.4) is 0 Å². The smallest absolute Gasteiger partial charge is 0.0460 e. The molecule has 2 N–H and O–H groups in total. The predicted molar refractivity (Wildman–Crippen MR) is 83.6 cm³/mol. The zero-order chi connectivity index (χ0) is 13.8. The number of piperidine rings is 1. The van der Waals surface area contributed by atoms with E-state index in [0.717, 1.165) is 30.4 Å². The molecule has 0 amide bonds. The molecule has 0 radical (unpaired) electrons. The van der Waals surface area contributed by atoms with E-state index in [2.05, 4.69) is 51.3 Å². The summed E-state index contributed by atoms with van der Waals surface area (Å²) in [6.45, 7) is 4.59. The van der Waals surface area contributed by atoms with E-state index in [0.29, 0.717) is 18.6 Å². The maximum atomic E-state index is 9.23. The molecule has 3 nitrogen and oxygen atoms in total. The van der Waals surface area contributed by atoms with E-state index < -0.39 is 0 Å². The van der Waals surface area contributed by atoms with Crippen LogP contribution in [-0.2, 0) is 0 Å². The third kappa shape index (κ3) is 3.50. The van der Waals surface area contributed by atoms with E-state index in [1.165, 1.54) is 11.3 Å². The largest absolute Gasteiger partial charge is 0.396 e. The van der Waals surface area contributed by atoms with Gasteiger partial charge in [0.25, 0.3) is 0 Å². The van der Waals surface area contributed by atoms with Gasteiger partial charge in [-0.2, -0.15) is 0 Å². The van der Waals surface area contributed by atoms with Crippen molar-refractivity contribution in [3.05, 3.63) is 28.2 Å². The molecule has 0 bridgehead atoms. The Hall–Kier alpha value is -0.580. The first-order valence-electron chi connectivity index (χ1n) is 6.98. The summed E-state index contributed by atoms with van der Waals surface area (Å²) in [4.78, 5) is 2.45. The molecule has 4 heteroatoms. The maximum absolute atomic E-state index is 9.23. The highest BCUT2D eigenvalue weighted by Gasteiger charge is 2.21. The van der Waals surface area contributed by atoms with Crippen LogP contribution in [0.25, 0.3) is 0 Å². The van der Waals surface area contributed by atoms with Gasteiger partial charge in [-0.3, -0.25) is 0 Å². The molecule has 1 saturated heterocycles. The topological polar surface area (TPSA) is 35.5 Å². The van der Waals surface area contributed by atoms with E-state index in [1.807, 2.05) is 7.05 Å². The Balaban J connectivity index is 2.20. The fourth-order valence-electron chi connectivity index (χ4n) is 2.67. The highest BCUT2D eigenvalue weighted by molar-refractivity contribution is 9.10. The van der Waals surface area contributed by atoms with Crippen LogP contribution in [0, 0.1) is 5.92 Å². The number of anilines is 1. The van der Waals surface area contributed by atoms with Crippen molar-refractivity contribution in [3.63, 3.8) is 0 Å². The fraction of sp³-hybridized carbons (Fsp3) is 0.600. The summed E-state index contributed by atoms with van der Waals surface area (Å²) >= 11 is 3.56. The molecular formula is C15H23BrN2O. The Labute approximate surface area is 124 Å². The van der Waals surface area contributed by atoms with Gasteiger partial charge < -0.3 is 15.3 Å². The predicted octanol–water partition coefficient (Wildman–Crippen LogP) is 2.94. The normalized spacial score (nSPS) is 18.6. The second-order valence-electron chi connectivity index (χ2n) is 5.33. The number of halogens is 1. The van der Waals surface area contributed by atoms with Crippen LogP contribution in [0.2, 0.25) is 0 Å². The molecule has 1 fully saturated rings. The van der Waals surface area contributed by atoms with Crippen LogP contribution in [-0.4, -0.2) is 31.9 Å². The maximum Gasteiger partial charge on any atom is 0.0460 e. The lowest BCUT2D eigenvalue weighted by molar-refractivity contribution is 0.203. The molecule has 1 heterocycles. The molecular weight excluding hydrogens is 304 g/mol. The molecule has 0 aliphatic carbocycles. The number of aliphatic hydroxyl groups excluding tert-OH is 1. The average Bonchev–Trinajstić information content (AvgIpc) is 2.46. The Morgan fingerprint density at radius 3 is 2.68 bits per heavy atom. The summed E-state index contributed by atoms with van der Waals surface area (Å²) in [6.07, 6.45) is 2.17. The second kappa shape index (κ2) is 6.73. The highest BCUT2D eigenvalue weighted by atomic mass is 79.9. The summed E-state index contributed by atoms with van der Waals surface area (Å²) < 4.78 is 1.12. The molecule has 19 heavy (non-hydrogen) atoms. The quantitative estimate of drug-likeness (QED) is 0.893. The number of nitrogens with zero attached hydrogens (tertiary/aromatic N) is 1. The first-order chi connectivity index (χ1) is 9.15. The van der Waals surface area contributed by atoms with E-state index in [1.54, 1.807) is 0 Å². The number of nitrogens with one attached hydrogen (secondary N) is 1. The molecule has 106 valence electrons. The number of rotatable bonds is 4. The lowest BCUT2D eigenvalue weighted by Crippen LogP contribution is -2.35. The monoisotopic (exact) mass is 326 g/mol. The van der Waals surface area contributed by atoms with Crippen molar-refractivity contribution >= 4 is 21.6 Å². The van der Waals surface area contributed by atoms with E-state index in [9.17, 15) is 5.11 Å². The molecule has 1 aliphatic heterocycles. The molecule has 1 atom stereocenters. The summed E-state index contributed by atoms with van der Waals surface area (Å²) in [5.74, 6) is 0.483. The molecule has 1 aliphatic rings. The summed E-state index contributed by atoms with van der Waals surface area (Å²) in [6, 6.07) is 6.85. The average molecular weight is 327 g/mol. The summed E-state index contributed by atoms with van der Waals surface area (Å²) in [5, 5.41) is 12.6.